The van der Waals surface area contributed by atoms with Gasteiger partial charge < -0.3 is 5.11 Å². The summed E-state index contributed by atoms with van der Waals surface area (Å²) in [6.07, 6.45) is 4.23. The number of hydrogen-bond donors (Lipinski definition) is 1. The predicted molar refractivity (Wildman–Crippen MR) is 95.2 cm³/mol. The van der Waals surface area contributed by atoms with Crippen LogP contribution in [0.4, 0.5) is 0 Å². The van der Waals surface area contributed by atoms with E-state index in [1.807, 2.05) is 17.8 Å². The summed E-state index contributed by atoms with van der Waals surface area (Å²) in [6.45, 7) is 6.84. The SMILES string of the molecule is C[Si](C)(C)C#CC(Sc1ccccc1)C1CCCCC1O. The van der Waals surface area contributed by atoms with Gasteiger partial charge in [-0.05, 0) is 25.0 Å². The lowest BCUT2D eigenvalue weighted by Gasteiger charge is -2.31. The van der Waals surface area contributed by atoms with Crippen molar-refractivity contribution >= 4 is 19.8 Å². The molecule has 1 aromatic rings. The average Bonchev–Trinajstić information content (AvgIpc) is 2.44. The summed E-state index contributed by atoms with van der Waals surface area (Å²) >= 11 is 1.83. The normalized spacial score (nSPS) is 24.0. The van der Waals surface area contributed by atoms with Crippen molar-refractivity contribution in [1.29, 1.82) is 0 Å². The minimum absolute atomic E-state index is 0.184. The molecule has 1 saturated carbocycles. The number of benzene rings is 1. The van der Waals surface area contributed by atoms with Gasteiger partial charge in [-0.3, -0.25) is 0 Å². The summed E-state index contributed by atoms with van der Waals surface area (Å²) in [6, 6.07) is 10.5. The molecule has 0 aromatic heterocycles. The molecule has 0 spiro atoms. The van der Waals surface area contributed by atoms with E-state index in [1.54, 1.807) is 0 Å². The summed E-state index contributed by atoms with van der Waals surface area (Å²) in [5.41, 5.74) is 3.52. The first-order valence-corrected chi connectivity index (χ1v) is 12.3. The second-order valence-corrected chi connectivity index (χ2v) is 12.9. The summed E-state index contributed by atoms with van der Waals surface area (Å²) < 4.78 is 0. The quantitative estimate of drug-likeness (QED) is 0.500. The van der Waals surface area contributed by atoms with Crippen molar-refractivity contribution in [2.24, 2.45) is 5.92 Å². The third-order valence-electron chi connectivity index (χ3n) is 3.77. The maximum Gasteiger partial charge on any atom is 0.129 e. The fourth-order valence-electron chi connectivity index (χ4n) is 2.65. The summed E-state index contributed by atoms with van der Waals surface area (Å²) in [5, 5.41) is 10.6. The Kier molecular flexibility index (Phi) is 5.98. The van der Waals surface area contributed by atoms with E-state index in [4.69, 9.17) is 0 Å². The van der Waals surface area contributed by atoms with Crippen LogP contribution in [0.2, 0.25) is 19.6 Å². The molecule has 21 heavy (non-hydrogen) atoms. The van der Waals surface area contributed by atoms with Crippen molar-refractivity contribution in [3.8, 4) is 11.5 Å². The van der Waals surface area contributed by atoms with Crippen LogP contribution in [0.15, 0.2) is 35.2 Å². The maximum atomic E-state index is 10.4. The highest BCUT2D eigenvalue weighted by molar-refractivity contribution is 8.00. The molecule has 3 unspecified atom stereocenters. The van der Waals surface area contributed by atoms with Gasteiger partial charge in [-0.1, -0.05) is 56.6 Å². The number of aliphatic hydroxyl groups is 1. The van der Waals surface area contributed by atoms with Crippen LogP contribution in [0.1, 0.15) is 25.7 Å². The van der Waals surface area contributed by atoms with Gasteiger partial charge in [0.25, 0.3) is 0 Å². The Morgan fingerprint density at radius 3 is 2.43 bits per heavy atom. The second kappa shape index (κ2) is 7.53. The van der Waals surface area contributed by atoms with E-state index in [1.165, 1.54) is 11.3 Å². The molecule has 114 valence electrons. The van der Waals surface area contributed by atoms with E-state index in [0.717, 1.165) is 19.3 Å². The molecule has 1 fully saturated rings. The van der Waals surface area contributed by atoms with E-state index in [2.05, 4.69) is 55.4 Å². The molecule has 0 amide bonds. The summed E-state index contributed by atoms with van der Waals surface area (Å²) in [4.78, 5) is 1.25. The van der Waals surface area contributed by atoms with Crippen molar-refractivity contribution in [1.82, 2.24) is 0 Å². The Hall–Kier alpha value is -0.693. The van der Waals surface area contributed by atoms with E-state index in [-0.39, 0.29) is 11.4 Å². The topological polar surface area (TPSA) is 20.2 Å². The van der Waals surface area contributed by atoms with E-state index in [0.29, 0.717) is 5.92 Å². The standard InChI is InChI=1S/C18H26OSSi/c1-21(2,3)14-13-18(16-11-7-8-12-17(16)19)20-15-9-5-4-6-10-15/h4-6,9-10,16-19H,7-8,11-12H2,1-3H3. The van der Waals surface area contributed by atoms with Crippen LogP contribution in [-0.2, 0) is 0 Å². The monoisotopic (exact) mass is 318 g/mol. The van der Waals surface area contributed by atoms with Gasteiger partial charge in [-0.25, -0.2) is 0 Å². The maximum absolute atomic E-state index is 10.4. The minimum Gasteiger partial charge on any atom is -0.393 e. The Bertz CT molecular complexity index is 497. The van der Waals surface area contributed by atoms with Gasteiger partial charge in [0, 0.05) is 10.8 Å². The minimum atomic E-state index is -1.38. The molecule has 1 aromatic carbocycles. The van der Waals surface area contributed by atoms with Crippen LogP contribution in [-0.4, -0.2) is 24.5 Å². The highest BCUT2D eigenvalue weighted by Crippen LogP contribution is 2.36. The van der Waals surface area contributed by atoms with Gasteiger partial charge in [0.2, 0.25) is 0 Å². The highest BCUT2D eigenvalue weighted by atomic mass is 32.2. The van der Waals surface area contributed by atoms with Gasteiger partial charge in [0.05, 0.1) is 11.4 Å². The first kappa shape index (κ1) is 16.7. The zero-order valence-electron chi connectivity index (χ0n) is 13.3. The Morgan fingerprint density at radius 2 is 1.81 bits per heavy atom. The first-order chi connectivity index (χ1) is 9.96. The van der Waals surface area contributed by atoms with Crippen molar-refractivity contribution < 1.29 is 5.11 Å². The Balaban J connectivity index is 2.18. The lowest BCUT2D eigenvalue weighted by molar-refractivity contribution is 0.0749. The molecule has 0 aliphatic heterocycles. The van der Waals surface area contributed by atoms with E-state index >= 15 is 0 Å². The van der Waals surface area contributed by atoms with Crippen LogP contribution in [0.5, 0.6) is 0 Å². The van der Waals surface area contributed by atoms with Crippen LogP contribution in [0, 0.1) is 17.4 Å². The number of rotatable bonds is 3. The van der Waals surface area contributed by atoms with Crippen molar-refractivity contribution in [2.45, 2.75) is 61.6 Å². The molecule has 1 aliphatic rings. The highest BCUT2D eigenvalue weighted by Gasteiger charge is 2.30. The second-order valence-electron chi connectivity index (χ2n) is 6.89. The van der Waals surface area contributed by atoms with Gasteiger partial charge in [0.15, 0.2) is 0 Å². The molecule has 1 N–H and O–H groups in total. The zero-order chi connectivity index (χ0) is 15.3. The number of aliphatic hydroxyl groups excluding tert-OH is 1. The first-order valence-electron chi connectivity index (χ1n) is 7.88. The van der Waals surface area contributed by atoms with Crippen LogP contribution >= 0.6 is 11.8 Å². The molecule has 1 aliphatic carbocycles. The molecule has 2 rings (SSSR count). The third-order valence-corrected chi connectivity index (χ3v) is 5.93. The predicted octanol–water partition coefficient (Wildman–Crippen LogP) is 4.58. The lowest BCUT2D eigenvalue weighted by Crippen LogP contribution is -2.32. The molecule has 0 saturated heterocycles. The smallest absolute Gasteiger partial charge is 0.129 e. The van der Waals surface area contributed by atoms with Gasteiger partial charge >= 0.3 is 0 Å². The van der Waals surface area contributed by atoms with Gasteiger partial charge in [0.1, 0.15) is 8.07 Å². The number of hydrogen-bond acceptors (Lipinski definition) is 2. The molecule has 0 bridgehead atoms. The molecule has 1 nitrogen and oxygen atoms in total. The van der Waals surface area contributed by atoms with Crippen LogP contribution in [0.25, 0.3) is 0 Å². The molecule has 3 heteroatoms. The summed E-state index contributed by atoms with van der Waals surface area (Å²) in [5.74, 6) is 3.84. The van der Waals surface area contributed by atoms with Gasteiger partial charge in [-0.2, -0.15) is 0 Å². The Labute approximate surface area is 134 Å². The largest absolute Gasteiger partial charge is 0.393 e. The fraction of sp³-hybridized carbons (Fsp3) is 0.556. The Morgan fingerprint density at radius 1 is 1.14 bits per heavy atom. The number of thioether (sulfide) groups is 1. The van der Waals surface area contributed by atoms with Crippen molar-refractivity contribution in [2.75, 3.05) is 0 Å². The summed E-state index contributed by atoms with van der Waals surface area (Å²) in [7, 11) is -1.38. The van der Waals surface area contributed by atoms with Crippen molar-refractivity contribution in [3.05, 3.63) is 30.3 Å². The average molecular weight is 319 g/mol. The molecule has 0 heterocycles. The molecular formula is C18H26OSSi. The van der Waals surface area contributed by atoms with E-state index < -0.39 is 8.07 Å². The van der Waals surface area contributed by atoms with Gasteiger partial charge in [-0.15, -0.1) is 17.3 Å². The molecule has 3 atom stereocenters. The zero-order valence-corrected chi connectivity index (χ0v) is 15.1. The fourth-order valence-corrected chi connectivity index (χ4v) is 4.56. The van der Waals surface area contributed by atoms with E-state index in [9.17, 15) is 5.11 Å². The van der Waals surface area contributed by atoms with Crippen molar-refractivity contribution in [3.63, 3.8) is 0 Å². The molecule has 0 radical (unpaired) electrons. The lowest BCUT2D eigenvalue weighted by atomic mass is 9.84. The third kappa shape index (κ3) is 5.54. The van der Waals surface area contributed by atoms with Crippen LogP contribution < -0.4 is 0 Å². The molecular weight excluding hydrogens is 292 g/mol. The van der Waals surface area contributed by atoms with Crippen LogP contribution in [0.3, 0.4) is 0 Å².